The second-order valence-electron chi connectivity index (χ2n) is 5.93. The van der Waals surface area contributed by atoms with Crippen LogP contribution in [0.2, 0.25) is 0 Å². The first-order chi connectivity index (χ1) is 8.09. The van der Waals surface area contributed by atoms with Crippen LogP contribution in [0.25, 0.3) is 0 Å². The maximum atomic E-state index is 11.4. The summed E-state index contributed by atoms with van der Waals surface area (Å²) in [7, 11) is 0. The molecule has 1 aliphatic carbocycles. The molecule has 0 aromatic carbocycles. The standard InChI is InChI=1S/C16H28O/c1-13(2)16(17)12-11-14(3)7-6-10-15-8-4-5-9-15/h14-15H,1,4-12H2,2-3H3. The quantitative estimate of drug-likeness (QED) is 0.547. The van der Waals surface area contributed by atoms with E-state index < -0.39 is 0 Å². The van der Waals surface area contributed by atoms with Crippen LogP contribution < -0.4 is 0 Å². The summed E-state index contributed by atoms with van der Waals surface area (Å²) in [6.45, 7) is 7.79. The molecule has 0 aromatic heterocycles. The molecule has 0 saturated heterocycles. The van der Waals surface area contributed by atoms with Crippen molar-refractivity contribution < 1.29 is 4.79 Å². The predicted molar refractivity (Wildman–Crippen MR) is 74.0 cm³/mol. The lowest BCUT2D eigenvalue weighted by atomic mass is 9.93. The SMILES string of the molecule is C=C(C)C(=O)CCC(C)CCCC1CCCC1. The normalized spacial score (nSPS) is 18.2. The molecule has 0 aromatic rings. The summed E-state index contributed by atoms with van der Waals surface area (Å²) < 4.78 is 0. The van der Waals surface area contributed by atoms with E-state index in [4.69, 9.17) is 0 Å². The molecule has 0 amide bonds. The topological polar surface area (TPSA) is 17.1 Å². The zero-order valence-corrected chi connectivity index (χ0v) is 11.6. The average Bonchev–Trinajstić information content (AvgIpc) is 2.78. The second-order valence-corrected chi connectivity index (χ2v) is 5.93. The van der Waals surface area contributed by atoms with E-state index in [-0.39, 0.29) is 5.78 Å². The molecule has 0 spiro atoms. The number of carbonyl (C=O) groups excluding carboxylic acids is 1. The lowest BCUT2D eigenvalue weighted by molar-refractivity contribution is -0.115. The molecule has 1 atom stereocenters. The molecule has 1 heteroatoms. The molecule has 1 saturated carbocycles. The summed E-state index contributed by atoms with van der Waals surface area (Å²) in [6.07, 6.45) is 11.6. The smallest absolute Gasteiger partial charge is 0.157 e. The van der Waals surface area contributed by atoms with Crippen LogP contribution in [0.4, 0.5) is 0 Å². The zero-order chi connectivity index (χ0) is 12.7. The Kier molecular flexibility index (Phi) is 6.54. The van der Waals surface area contributed by atoms with Crippen molar-refractivity contribution in [3.05, 3.63) is 12.2 Å². The third-order valence-electron chi connectivity index (χ3n) is 4.12. The van der Waals surface area contributed by atoms with Crippen LogP contribution in [-0.4, -0.2) is 5.78 Å². The van der Waals surface area contributed by atoms with Crippen LogP contribution in [0.15, 0.2) is 12.2 Å². The van der Waals surface area contributed by atoms with Crippen LogP contribution in [0.3, 0.4) is 0 Å². The molecule has 0 N–H and O–H groups in total. The van der Waals surface area contributed by atoms with Gasteiger partial charge in [0.05, 0.1) is 0 Å². The Morgan fingerprint density at radius 3 is 2.53 bits per heavy atom. The van der Waals surface area contributed by atoms with E-state index in [9.17, 15) is 4.79 Å². The molecule has 0 radical (unpaired) electrons. The third kappa shape index (κ3) is 6.05. The van der Waals surface area contributed by atoms with E-state index in [1.807, 2.05) is 6.92 Å². The van der Waals surface area contributed by atoms with Crippen molar-refractivity contribution in [2.75, 3.05) is 0 Å². The predicted octanol–water partition coefficient (Wildman–Crippen LogP) is 4.91. The van der Waals surface area contributed by atoms with Gasteiger partial charge in [-0.2, -0.15) is 0 Å². The van der Waals surface area contributed by atoms with Gasteiger partial charge in [0.1, 0.15) is 0 Å². The molecule has 1 aliphatic rings. The van der Waals surface area contributed by atoms with Crippen LogP contribution >= 0.6 is 0 Å². The molecule has 0 heterocycles. The minimum atomic E-state index is 0.243. The number of Topliss-reactive ketones (excluding diaryl/α,β-unsaturated/α-hetero) is 1. The van der Waals surface area contributed by atoms with Crippen molar-refractivity contribution in [2.45, 2.75) is 71.6 Å². The number of ketones is 1. The first kappa shape index (κ1) is 14.5. The second kappa shape index (κ2) is 7.68. The highest BCUT2D eigenvalue weighted by atomic mass is 16.1. The van der Waals surface area contributed by atoms with E-state index in [2.05, 4.69) is 13.5 Å². The average molecular weight is 236 g/mol. The van der Waals surface area contributed by atoms with E-state index in [0.717, 1.165) is 12.3 Å². The van der Waals surface area contributed by atoms with Gasteiger partial charge in [0.2, 0.25) is 0 Å². The molecular weight excluding hydrogens is 208 g/mol. The van der Waals surface area contributed by atoms with Gasteiger partial charge in [-0.3, -0.25) is 4.79 Å². The highest BCUT2D eigenvalue weighted by Gasteiger charge is 2.15. The summed E-state index contributed by atoms with van der Waals surface area (Å²) in [5.74, 6) is 1.95. The van der Waals surface area contributed by atoms with Gasteiger partial charge >= 0.3 is 0 Å². The highest BCUT2D eigenvalue weighted by molar-refractivity contribution is 5.93. The van der Waals surface area contributed by atoms with Crippen LogP contribution in [0, 0.1) is 11.8 Å². The van der Waals surface area contributed by atoms with Crippen molar-refractivity contribution in [1.29, 1.82) is 0 Å². The number of rotatable bonds is 8. The third-order valence-corrected chi connectivity index (χ3v) is 4.12. The molecule has 1 fully saturated rings. The maximum Gasteiger partial charge on any atom is 0.157 e. The van der Waals surface area contributed by atoms with Crippen LogP contribution in [-0.2, 0) is 4.79 Å². The van der Waals surface area contributed by atoms with Crippen molar-refractivity contribution in [2.24, 2.45) is 11.8 Å². The first-order valence-corrected chi connectivity index (χ1v) is 7.28. The highest BCUT2D eigenvalue weighted by Crippen LogP contribution is 2.29. The Bertz CT molecular complexity index is 248. The molecule has 0 aliphatic heterocycles. The Balaban J connectivity index is 2.02. The van der Waals surface area contributed by atoms with Crippen LogP contribution in [0.1, 0.15) is 71.6 Å². The Morgan fingerprint density at radius 1 is 1.29 bits per heavy atom. The molecule has 1 unspecified atom stereocenters. The molecule has 17 heavy (non-hydrogen) atoms. The van der Waals surface area contributed by atoms with E-state index in [0.29, 0.717) is 17.9 Å². The number of allylic oxidation sites excluding steroid dienone is 1. The fourth-order valence-electron chi connectivity index (χ4n) is 2.79. The van der Waals surface area contributed by atoms with Gasteiger partial charge in [0, 0.05) is 6.42 Å². The van der Waals surface area contributed by atoms with Crippen molar-refractivity contribution in [1.82, 2.24) is 0 Å². The number of hydrogen-bond donors (Lipinski definition) is 0. The number of carbonyl (C=O) groups is 1. The molecular formula is C16H28O. The van der Waals surface area contributed by atoms with Crippen molar-refractivity contribution >= 4 is 5.78 Å². The summed E-state index contributed by atoms with van der Waals surface area (Å²) in [4.78, 5) is 11.4. The van der Waals surface area contributed by atoms with Gasteiger partial charge in [0.25, 0.3) is 0 Å². The summed E-state index contributed by atoms with van der Waals surface area (Å²) in [5.41, 5.74) is 0.711. The number of hydrogen-bond acceptors (Lipinski definition) is 1. The Labute approximate surface area is 107 Å². The van der Waals surface area contributed by atoms with Crippen molar-refractivity contribution in [3.8, 4) is 0 Å². The summed E-state index contributed by atoms with van der Waals surface area (Å²) in [5, 5.41) is 0. The summed E-state index contributed by atoms with van der Waals surface area (Å²) >= 11 is 0. The van der Waals surface area contributed by atoms with Gasteiger partial charge in [-0.25, -0.2) is 0 Å². The molecule has 1 rings (SSSR count). The zero-order valence-electron chi connectivity index (χ0n) is 11.6. The minimum absolute atomic E-state index is 0.243. The fraction of sp³-hybridized carbons (Fsp3) is 0.812. The van der Waals surface area contributed by atoms with Crippen LogP contribution in [0.5, 0.6) is 0 Å². The minimum Gasteiger partial charge on any atom is -0.295 e. The Morgan fingerprint density at radius 2 is 1.94 bits per heavy atom. The monoisotopic (exact) mass is 236 g/mol. The first-order valence-electron chi connectivity index (χ1n) is 7.28. The van der Waals surface area contributed by atoms with Gasteiger partial charge in [-0.1, -0.05) is 58.4 Å². The molecule has 1 nitrogen and oxygen atoms in total. The summed E-state index contributed by atoms with van der Waals surface area (Å²) in [6, 6.07) is 0. The van der Waals surface area contributed by atoms with Gasteiger partial charge in [-0.15, -0.1) is 0 Å². The Hall–Kier alpha value is -0.590. The largest absolute Gasteiger partial charge is 0.295 e. The van der Waals surface area contributed by atoms with E-state index >= 15 is 0 Å². The molecule has 0 bridgehead atoms. The van der Waals surface area contributed by atoms with E-state index in [1.165, 1.54) is 44.9 Å². The van der Waals surface area contributed by atoms with Gasteiger partial charge in [0.15, 0.2) is 5.78 Å². The van der Waals surface area contributed by atoms with Gasteiger partial charge < -0.3 is 0 Å². The van der Waals surface area contributed by atoms with Crippen molar-refractivity contribution in [3.63, 3.8) is 0 Å². The lowest BCUT2D eigenvalue weighted by Crippen LogP contribution is -2.03. The molecule has 98 valence electrons. The van der Waals surface area contributed by atoms with E-state index in [1.54, 1.807) is 0 Å². The van der Waals surface area contributed by atoms with Gasteiger partial charge in [-0.05, 0) is 30.8 Å². The lowest BCUT2D eigenvalue weighted by Gasteiger charge is -2.13. The fourth-order valence-corrected chi connectivity index (χ4v) is 2.79. The maximum absolute atomic E-state index is 11.4.